The number of ether oxygens (including phenoxy) is 1. The number of amides is 1. The van der Waals surface area contributed by atoms with Crippen molar-refractivity contribution >= 4 is 34.8 Å². The summed E-state index contributed by atoms with van der Waals surface area (Å²) in [7, 11) is 3.19. The van der Waals surface area contributed by atoms with Crippen LogP contribution in [0.3, 0.4) is 0 Å². The number of hydrogen-bond donors (Lipinski definition) is 2. The Morgan fingerprint density at radius 3 is 2.48 bits per heavy atom. The number of benzene rings is 1. The van der Waals surface area contributed by atoms with Gasteiger partial charge in [0.1, 0.15) is 5.75 Å². The predicted molar refractivity (Wildman–Crippen MR) is 113 cm³/mol. The summed E-state index contributed by atoms with van der Waals surface area (Å²) < 4.78 is 5.22. The Kier molecular flexibility index (Phi) is 7.21. The zero-order valence-electron chi connectivity index (χ0n) is 17.5. The number of carbonyl (C=O) groups is 3. The van der Waals surface area contributed by atoms with Gasteiger partial charge in [-0.25, -0.2) is 0 Å². The molecule has 7 nitrogen and oxygen atoms in total. The molecule has 1 amide bonds. The van der Waals surface area contributed by atoms with Crippen LogP contribution >= 0.6 is 11.6 Å². The van der Waals surface area contributed by atoms with E-state index in [9.17, 15) is 14.4 Å². The zero-order chi connectivity index (χ0) is 21.9. The third kappa shape index (κ3) is 5.05. The van der Waals surface area contributed by atoms with E-state index in [2.05, 4.69) is 10.3 Å². The van der Waals surface area contributed by atoms with Crippen molar-refractivity contribution in [1.82, 2.24) is 9.88 Å². The minimum atomic E-state index is -0.571. The fraction of sp³-hybridized carbons (Fsp3) is 0.381. The van der Waals surface area contributed by atoms with Crippen LogP contribution in [-0.4, -0.2) is 54.1 Å². The quantitative estimate of drug-likeness (QED) is 0.637. The van der Waals surface area contributed by atoms with Crippen molar-refractivity contribution in [3.05, 3.63) is 45.7 Å². The Morgan fingerprint density at radius 1 is 1.28 bits per heavy atom. The number of aryl methyl sites for hydroxylation is 1. The molecule has 8 heteroatoms. The number of Topliss-reactive ketones (excluding diaryl/α,β-unsaturated/α-hetero) is 2. The summed E-state index contributed by atoms with van der Waals surface area (Å²) in [5.41, 5.74) is 2.68. The average Bonchev–Trinajstić information content (AvgIpc) is 2.94. The summed E-state index contributed by atoms with van der Waals surface area (Å²) in [5, 5.41) is 3.22. The van der Waals surface area contributed by atoms with Gasteiger partial charge in [-0.2, -0.15) is 0 Å². The molecular weight excluding hydrogens is 394 g/mol. The number of methoxy groups -OCH3 is 1. The van der Waals surface area contributed by atoms with Gasteiger partial charge in [0.25, 0.3) is 0 Å². The van der Waals surface area contributed by atoms with E-state index in [4.69, 9.17) is 16.3 Å². The molecule has 0 saturated heterocycles. The Balaban J connectivity index is 2.11. The van der Waals surface area contributed by atoms with E-state index in [1.807, 2.05) is 0 Å². The maximum Gasteiger partial charge on any atom is 0.238 e. The number of aromatic nitrogens is 1. The number of rotatable bonds is 8. The van der Waals surface area contributed by atoms with Crippen molar-refractivity contribution in [2.24, 2.45) is 0 Å². The fourth-order valence-electron chi connectivity index (χ4n) is 3.26. The van der Waals surface area contributed by atoms with E-state index in [1.165, 1.54) is 14.0 Å². The minimum absolute atomic E-state index is 0.0130. The first kappa shape index (κ1) is 22.6. The highest BCUT2D eigenvalue weighted by Gasteiger charge is 2.27. The number of aromatic amines is 1. The van der Waals surface area contributed by atoms with Crippen LogP contribution in [0.5, 0.6) is 5.75 Å². The van der Waals surface area contributed by atoms with E-state index in [0.717, 1.165) is 0 Å². The van der Waals surface area contributed by atoms with Gasteiger partial charge < -0.3 is 15.0 Å². The standard InChI is InChI=1S/C21H26ClN3O4/c1-11-19(14(4)26)12(2)23-20(11)21(28)13(3)25(5)10-18(27)24-16-9-15(22)7-8-17(16)29-6/h7-9,13,23H,10H2,1-6H3,(H,24,27)/t13-/m0/s1. The van der Waals surface area contributed by atoms with Crippen molar-refractivity contribution in [3.63, 3.8) is 0 Å². The number of halogens is 1. The van der Waals surface area contributed by atoms with Crippen LogP contribution in [0.1, 0.15) is 46.0 Å². The van der Waals surface area contributed by atoms with Crippen LogP contribution in [0.15, 0.2) is 18.2 Å². The summed E-state index contributed by atoms with van der Waals surface area (Å²) >= 11 is 5.99. The van der Waals surface area contributed by atoms with Crippen molar-refractivity contribution in [3.8, 4) is 5.75 Å². The molecule has 2 rings (SSSR count). The molecule has 0 fully saturated rings. The number of hydrogen-bond acceptors (Lipinski definition) is 5. The largest absolute Gasteiger partial charge is 0.495 e. The molecule has 2 N–H and O–H groups in total. The highest BCUT2D eigenvalue weighted by Crippen LogP contribution is 2.27. The number of likely N-dealkylation sites (N-methyl/N-ethyl adjacent to an activating group) is 1. The second-order valence-corrected chi connectivity index (χ2v) is 7.47. The first-order valence-corrected chi connectivity index (χ1v) is 9.52. The van der Waals surface area contributed by atoms with Gasteiger partial charge >= 0.3 is 0 Å². The van der Waals surface area contributed by atoms with Crippen LogP contribution in [0.4, 0.5) is 5.69 Å². The number of nitrogens with one attached hydrogen (secondary N) is 2. The lowest BCUT2D eigenvalue weighted by molar-refractivity contribution is -0.117. The molecule has 0 unspecified atom stereocenters. The molecular formula is C21H26ClN3O4. The summed E-state index contributed by atoms with van der Waals surface area (Å²) in [5.74, 6) is -0.0970. The Bertz CT molecular complexity index is 952. The topological polar surface area (TPSA) is 91.5 Å². The molecule has 1 aromatic heterocycles. The van der Waals surface area contributed by atoms with E-state index < -0.39 is 6.04 Å². The van der Waals surface area contributed by atoms with E-state index in [0.29, 0.717) is 39.0 Å². The number of carbonyl (C=O) groups excluding carboxylic acids is 3. The van der Waals surface area contributed by atoms with Gasteiger partial charge in [0, 0.05) is 16.3 Å². The molecule has 2 aromatic rings. The molecule has 1 aromatic carbocycles. The third-order valence-corrected chi connectivity index (χ3v) is 5.14. The predicted octanol–water partition coefficient (Wildman–Crippen LogP) is 3.64. The molecule has 0 aliphatic heterocycles. The van der Waals surface area contributed by atoms with Crippen molar-refractivity contribution in [2.45, 2.75) is 33.7 Å². The summed E-state index contributed by atoms with van der Waals surface area (Å²) in [6.45, 7) is 6.69. The molecule has 29 heavy (non-hydrogen) atoms. The lowest BCUT2D eigenvalue weighted by atomic mass is 10.0. The van der Waals surface area contributed by atoms with Gasteiger partial charge in [0.2, 0.25) is 5.91 Å². The van der Waals surface area contributed by atoms with Crippen LogP contribution in [-0.2, 0) is 4.79 Å². The average molecular weight is 420 g/mol. The Hall–Kier alpha value is -2.64. The maximum absolute atomic E-state index is 12.9. The van der Waals surface area contributed by atoms with Crippen LogP contribution in [0, 0.1) is 13.8 Å². The third-order valence-electron chi connectivity index (χ3n) is 4.91. The monoisotopic (exact) mass is 419 g/mol. The highest BCUT2D eigenvalue weighted by molar-refractivity contribution is 6.31. The van der Waals surface area contributed by atoms with E-state index in [1.54, 1.807) is 50.9 Å². The SMILES string of the molecule is COc1ccc(Cl)cc1NC(=O)CN(C)[C@@H](C)C(=O)c1[nH]c(C)c(C(C)=O)c1C. The van der Waals surface area contributed by atoms with Crippen molar-refractivity contribution in [1.29, 1.82) is 0 Å². The number of ketones is 2. The van der Waals surface area contributed by atoms with Crippen LogP contribution < -0.4 is 10.1 Å². The number of nitrogens with zero attached hydrogens (tertiary/aromatic N) is 1. The Labute approximate surface area is 175 Å². The van der Waals surface area contributed by atoms with Gasteiger partial charge in [-0.3, -0.25) is 19.3 Å². The Morgan fingerprint density at radius 2 is 1.93 bits per heavy atom. The molecule has 1 heterocycles. The summed E-state index contributed by atoms with van der Waals surface area (Å²) in [6, 6.07) is 4.36. The van der Waals surface area contributed by atoms with Gasteiger partial charge in [0.15, 0.2) is 11.6 Å². The molecule has 0 spiro atoms. The van der Waals surface area contributed by atoms with Gasteiger partial charge in [-0.05, 0) is 58.5 Å². The fourth-order valence-corrected chi connectivity index (χ4v) is 3.44. The minimum Gasteiger partial charge on any atom is -0.495 e. The first-order valence-electron chi connectivity index (χ1n) is 9.14. The van der Waals surface area contributed by atoms with E-state index in [-0.39, 0.29) is 24.0 Å². The lowest BCUT2D eigenvalue weighted by Gasteiger charge is -2.23. The zero-order valence-corrected chi connectivity index (χ0v) is 18.2. The van der Waals surface area contributed by atoms with E-state index >= 15 is 0 Å². The lowest BCUT2D eigenvalue weighted by Crippen LogP contribution is -2.41. The molecule has 0 aliphatic carbocycles. The molecule has 1 atom stereocenters. The smallest absolute Gasteiger partial charge is 0.238 e. The summed E-state index contributed by atoms with van der Waals surface area (Å²) in [4.78, 5) is 41.9. The maximum atomic E-state index is 12.9. The first-order chi connectivity index (χ1) is 13.6. The van der Waals surface area contributed by atoms with Crippen molar-refractivity contribution < 1.29 is 19.1 Å². The second-order valence-electron chi connectivity index (χ2n) is 7.03. The van der Waals surface area contributed by atoms with Gasteiger partial charge in [-0.15, -0.1) is 0 Å². The molecule has 0 bridgehead atoms. The van der Waals surface area contributed by atoms with Crippen LogP contribution in [0.25, 0.3) is 0 Å². The molecule has 0 radical (unpaired) electrons. The summed E-state index contributed by atoms with van der Waals surface area (Å²) in [6.07, 6.45) is 0. The van der Waals surface area contributed by atoms with Gasteiger partial charge in [-0.1, -0.05) is 11.6 Å². The number of anilines is 1. The van der Waals surface area contributed by atoms with Crippen molar-refractivity contribution in [2.75, 3.05) is 26.0 Å². The molecule has 0 saturated carbocycles. The van der Waals surface area contributed by atoms with Crippen LogP contribution in [0.2, 0.25) is 5.02 Å². The normalized spacial score (nSPS) is 12.0. The molecule has 0 aliphatic rings. The second kappa shape index (κ2) is 9.24. The number of H-pyrrole nitrogens is 1. The van der Waals surface area contributed by atoms with Gasteiger partial charge in [0.05, 0.1) is 31.1 Å². The highest BCUT2D eigenvalue weighted by atomic mass is 35.5. The molecule has 156 valence electrons.